The molecule has 0 amide bonds. The topological polar surface area (TPSA) is 34.4 Å². The predicted octanol–water partition coefficient (Wildman–Crippen LogP) is 3.63. The fourth-order valence-electron chi connectivity index (χ4n) is 2.47. The summed E-state index contributed by atoms with van der Waals surface area (Å²) < 4.78 is 11.5. The molecule has 3 nitrogen and oxygen atoms in total. The molecule has 102 valence electrons. The van der Waals surface area contributed by atoms with Crippen molar-refractivity contribution >= 4 is 0 Å². The molecule has 1 saturated carbocycles. The third-order valence-electron chi connectivity index (χ3n) is 3.55. The molecule has 2 rings (SSSR count). The highest BCUT2D eigenvalue weighted by molar-refractivity contribution is 5.12. The first-order valence-corrected chi connectivity index (χ1v) is 7.27. The minimum absolute atomic E-state index is 0.440. The first kappa shape index (κ1) is 13.6. The average Bonchev–Trinajstić information content (AvgIpc) is 2.68. The number of hydrogen-bond donors (Lipinski definition) is 1. The van der Waals surface area contributed by atoms with Crippen molar-refractivity contribution in [2.24, 2.45) is 0 Å². The summed E-state index contributed by atoms with van der Waals surface area (Å²) in [5.74, 6) is 0.951. The van der Waals surface area contributed by atoms with Crippen molar-refractivity contribution in [3.8, 4) is 0 Å². The van der Waals surface area contributed by atoms with Gasteiger partial charge in [0.15, 0.2) is 0 Å². The van der Waals surface area contributed by atoms with Crippen LogP contribution in [0.15, 0.2) is 16.7 Å². The van der Waals surface area contributed by atoms with Gasteiger partial charge in [0.1, 0.15) is 12.4 Å². The molecule has 0 atom stereocenters. The van der Waals surface area contributed by atoms with Gasteiger partial charge in [-0.25, -0.2) is 0 Å². The highest BCUT2D eigenvalue weighted by Gasteiger charge is 2.13. The maximum absolute atomic E-state index is 5.95. The molecule has 1 N–H and O–H groups in total. The summed E-state index contributed by atoms with van der Waals surface area (Å²) in [4.78, 5) is 0. The van der Waals surface area contributed by atoms with Crippen LogP contribution in [0, 0.1) is 0 Å². The van der Waals surface area contributed by atoms with Crippen molar-refractivity contribution in [2.75, 3.05) is 6.54 Å². The SMILES string of the molecule is CCNCc1coc(COC2CCCCCC2)c1. The molecule has 1 heterocycles. The standard InChI is InChI=1S/C15H25NO2/c1-2-16-10-13-9-15(17-11-13)12-18-14-7-5-3-4-6-8-14/h9,11,14,16H,2-8,10,12H2,1H3. The molecule has 0 aliphatic heterocycles. The van der Waals surface area contributed by atoms with Crippen molar-refractivity contribution in [3.05, 3.63) is 23.7 Å². The second kappa shape index (κ2) is 7.59. The van der Waals surface area contributed by atoms with E-state index in [1.54, 1.807) is 0 Å². The zero-order valence-corrected chi connectivity index (χ0v) is 11.4. The van der Waals surface area contributed by atoms with E-state index < -0.39 is 0 Å². The van der Waals surface area contributed by atoms with Crippen molar-refractivity contribution in [3.63, 3.8) is 0 Å². The van der Waals surface area contributed by atoms with Crippen LogP contribution in [-0.4, -0.2) is 12.6 Å². The highest BCUT2D eigenvalue weighted by atomic mass is 16.5. The van der Waals surface area contributed by atoms with E-state index in [4.69, 9.17) is 9.15 Å². The summed E-state index contributed by atoms with van der Waals surface area (Å²) in [5.41, 5.74) is 1.20. The van der Waals surface area contributed by atoms with Gasteiger partial charge in [-0.15, -0.1) is 0 Å². The first-order chi connectivity index (χ1) is 8.88. The lowest BCUT2D eigenvalue weighted by atomic mass is 10.1. The van der Waals surface area contributed by atoms with Crippen LogP contribution in [0.25, 0.3) is 0 Å². The molecule has 3 heteroatoms. The Morgan fingerprint density at radius 1 is 1.28 bits per heavy atom. The summed E-state index contributed by atoms with van der Waals surface area (Å²) in [5, 5.41) is 3.29. The fourth-order valence-corrected chi connectivity index (χ4v) is 2.47. The van der Waals surface area contributed by atoms with Crippen LogP contribution in [0.4, 0.5) is 0 Å². The van der Waals surface area contributed by atoms with Gasteiger partial charge >= 0.3 is 0 Å². The number of ether oxygens (including phenoxy) is 1. The molecule has 0 spiro atoms. The second-order valence-corrected chi connectivity index (χ2v) is 5.13. The van der Waals surface area contributed by atoms with E-state index in [0.717, 1.165) is 18.8 Å². The van der Waals surface area contributed by atoms with Gasteiger partial charge in [-0.1, -0.05) is 32.6 Å². The smallest absolute Gasteiger partial charge is 0.129 e. The molecule has 1 aromatic rings. The monoisotopic (exact) mass is 251 g/mol. The lowest BCUT2D eigenvalue weighted by molar-refractivity contribution is 0.0220. The largest absolute Gasteiger partial charge is 0.467 e. The highest BCUT2D eigenvalue weighted by Crippen LogP contribution is 2.21. The fraction of sp³-hybridized carbons (Fsp3) is 0.733. The number of rotatable bonds is 6. The van der Waals surface area contributed by atoms with Crippen LogP contribution in [0.2, 0.25) is 0 Å². The van der Waals surface area contributed by atoms with Gasteiger partial charge in [0.05, 0.1) is 12.4 Å². The van der Waals surface area contributed by atoms with Gasteiger partial charge in [-0.3, -0.25) is 0 Å². The molecule has 0 radical (unpaired) electrons. The number of nitrogens with one attached hydrogen (secondary N) is 1. The summed E-state index contributed by atoms with van der Waals surface area (Å²) in [6.07, 6.45) is 10.1. The van der Waals surface area contributed by atoms with E-state index in [1.165, 1.54) is 44.1 Å². The lowest BCUT2D eigenvalue weighted by Crippen LogP contribution is -2.11. The van der Waals surface area contributed by atoms with E-state index in [-0.39, 0.29) is 0 Å². The summed E-state index contributed by atoms with van der Waals surface area (Å²) in [6, 6.07) is 2.10. The number of furan rings is 1. The number of hydrogen-bond acceptors (Lipinski definition) is 3. The predicted molar refractivity (Wildman–Crippen MR) is 72.4 cm³/mol. The van der Waals surface area contributed by atoms with Gasteiger partial charge in [0, 0.05) is 12.1 Å². The normalized spacial score (nSPS) is 17.8. The average molecular weight is 251 g/mol. The van der Waals surface area contributed by atoms with Crippen LogP contribution in [0.1, 0.15) is 56.8 Å². The Bertz CT molecular complexity index is 327. The molecule has 1 aliphatic rings. The van der Waals surface area contributed by atoms with Crippen LogP contribution >= 0.6 is 0 Å². The molecule has 0 unspecified atom stereocenters. The Morgan fingerprint density at radius 3 is 2.78 bits per heavy atom. The first-order valence-electron chi connectivity index (χ1n) is 7.27. The molecule has 1 aliphatic carbocycles. The van der Waals surface area contributed by atoms with Crippen molar-refractivity contribution in [1.29, 1.82) is 0 Å². The molecule has 0 saturated heterocycles. The minimum atomic E-state index is 0.440. The van der Waals surface area contributed by atoms with Crippen LogP contribution < -0.4 is 5.32 Å². The third kappa shape index (κ3) is 4.46. The zero-order valence-electron chi connectivity index (χ0n) is 11.4. The van der Waals surface area contributed by atoms with Gasteiger partial charge in [-0.2, -0.15) is 0 Å². The Kier molecular flexibility index (Phi) is 5.75. The van der Waals surface area contributed by atoms with E-state index >= 15 is 0 Å². The Labute approximate surface area is 110 Å². The van der Waals surface area contributed by atoms with Gasteiger partial charge < -0.3 is 14.5 Å². The van der Waals surface area contributed by atoms with Crippen molar-refractivity contribution in [1.82, 2.24) is 5.32 Å². The lowest BCUT2D eigenvalue weighted by Gasteiger charge is -2.13. The quantitative estimate of drug-likeness (QED) is 0.784. The van der Waals surface area contributed by atoms with Crippen LogP contribution in [0.3, 0.4) is 0 Å². The molecule has 0 bridgehead atoms. The van der Waals surface area contributed by atoms with Crippen molar-refractivity contribution in [2.45, 2.75) is 64.7 Å². The zero-order chi connectivity index (χ0) is 12.6. The maximum Gasteiger partial charge on any atom is 0.129 e. The Balaban J connectivity index is 1.73. The molecule has 0 aromatic carbocycles. The van der Waals surface area contributed by atoms with Crippen LogP contribution in [-0.2, 0) is 17.9 Å². The second-order valence-electron chi connectivity index (χ2n) is 5.13. The Hall–Kier alpha value is -0.800. The maximum atomic E-state index is 5.95. The molecular formula is C15H25NO2. The van der Waals surface area contributed by atoms with E-state index in [2.05, 4.69) is 18.3 Å². The van der Waals surface area contributed by atoms with Gasteiger partial charge in [0.2, 0.25) is 0 Å². The molecule has 1 fully saturated rings. The summed E-state index contributed by atoms with van der Waals surface area (Å²) in [6.45, 7) is 4.59. The summed E-state index contributed by atoms with van der Waals surface area (Å²) >= 11 is 0. The summed E-state index contributed by atoms with van der Waals surface area (Å²) in [7, 11) is 0. The van der Waals surface area contributed by atoms with E-state index in [0.29, 0.717) is 12.7 Å². The molecule has 1 aromatic heterocycles. The van der Waals surface area contributed by atoms with E-state index in [1.807, 2.05) is 6.26 Å². The van der Waals surface area contributed by atoms with Gasteiger partial charge in [0.25, 0.3) is 0 Å². The van der Waals surface area contributed by atoms with Gasteiger partial charge in [-0.05, 0) is 25.5 Å². The third-order valence-corrected chi connectivity index (χ3v) is 3.55. The van der Waals surface area contributed by atoms with Crippen molar-refractivity contribution < 1.29 is 9.15 Å². The van der Waals surface area contributed by atoms with E-state index in [9.17, 15) is 0 Å². The van der Waals surface area contributed by atoms with Crippen LogP contribution in [0.5, 0.6) is 0 Å². The minimum Gasteiger partial charge on any atom is -0.467 e. The molecular weight excluding hydrogens is 226 g/mol. The Morgan fingerprint density at radius 2 is 2.06 bits per heavy atom. The molecule has 18 heavy (non-hydrogen) atoms.